The van der Waals surface area contributed by atoms with Crippen molar-refractivity contribution in [3.8, 4) is 6.07 Å². The molecule has 0 saturated heterocycles. The van der Waals surface area contributed by atoms with Gasteiger partial charge in [-0.25, -0.2) is 0 Å². The Bertz CT molecular complexity index is 59.8. The Morgan fingerprint density at radius 2 is 2.40 bits per heavy atom. The maximum Gasteiger partial charge on any atom is 0.0786 e. The second-order valence-corrected chi connectivity index (χ2v) is 0.512. The first-order valence-electron chi connectivity index (χ1n) is 1.18. The molecule has 2 nitrogen and oxygen atoms in total. The lowest BCUT2D eigenvalue weighted by Gasteiger charge is -1.52. The van der Waals surface area contributed by atoms with E-state index in [4.69, 9.17) is 10.7 Å². The van der Waals surface area contributed by atoms with Crippen molar-refractivity contribution >= 4 is 6.21 Å². The van der Waals surface area contributed by atoms with Crippen LogP contribution < -0.4 is 0 Å². The number of nitrogens with zero attached hydrogens (tertiary/aromatic N) is 1. The molecule has 2 heteroatoms. The Kier molecular flexibility index (Phi) is 2.63. The first-order chi connectivity index (χ1) is 2.41. The average Bonchev–Trinajstić information content (AvgIpc) is 1.41. The largest absolute Gasteiger partial charge is 0.302 e. The molecule has 0 heterocycles. The maximum atomic E-state index is 7.63. The van der Waals surface area contributed by atoms with E-state index < -0.39 is 0 Å². The van der Waals surface area contributed by atoms with Gasteiger partial charge in [0.05, 0.1) is 18.7 Å². The van der Waals surface area contributed by atoms with E-state index >= 15 is 0 Å². The van der Waals surface area contributed by atoms with Crippen molar-refractivity contribution in [1.82, 2.24) is 0 Å². The summed E-state index contributed by atoms with van der Waals surface area (Å²) in [6.45, 7) is 0. The van der Waals surface area contributed by atoms with Crippen molar-refractivity contribution in [2.45, 2.75) is 6.42 Å². The molecular weight excluding hydrogens is 64.0 g/mol. The molecule has 5 heavy (non-hydrogen) atoms. The quantitative estimate of drug-likeness (QED) is 0.444. The van der Waals surface area contributed by atoms with Crippen molar-refractivity contribution in [2.24, 2.45) is 0 Å². The summed E-state index contributed by atoms with van der Waals surface area (Å²) in [6.07, 6.45) is 2.02. The Balaban J connectivity index is 2.75. The predicted molar refractivity (Wildman–Crippen MR) is 18.0 cm³/mol. The van der Waals surface area contributed by atoms with Gasteiger partial charge < -0.3 is 5.41 Å². The highest BCUT2D eigenvalue weighted by Crippen LogP contribution is 1.56. The fraction of sp³-hybridized carbons (Fsp3) is 0.333. The number of nitriles is 1. The number of hydrogen-bond acceptors (Lipinski definition) is 2. The Hall–Kier alpha value is -0.840. The maximum absolute atomic E-state index is 7.63. The fourth-order valence-electron chi connectivity index (χ4n) is 0.0395. The van der Waals surface area contributed by atoms with Crippen molar-refractivity contribution in [3.63, 3.8) is 0 Å². The SMILES string of the molecule is N#CC[C]=N. The average molecular weight is 67.1 g/mol. The second-order valence-electron chi connectivity index (χ2n) is 0.512. The van der Waals surface area contributed by atoms with Gasteiger partial charge in [0, 0.05) is 0 Å². The van der Waals surface area contributed by atoms with Gasteiger partial charge in [0.15, 0.2) is 0 Å². The molecule has 0 rings (SSSR count). The van der Waals surface area contributed by atoms with E-state index in [0.29, 0.717) is 0 Å². The summed E-state index contributed by atoms with van der Waals surface area (Å²) in [5, 5.41) is 13.8. The lowest BCUT2D eigenvalue weighted by molar-refractivity contribution is 1.39. The van der Waals surface area contributed by atoms with E-state index in [1.54, 1.807) is 6.07 Å². The number of rotatable bonds is 1. The molecule has 0 saturated carbocycles. The molecule has 0 aliphatic rings. The van der Waals surface area contributed by atoms with E-state index in [9.17, 15) is 0 Å². The molecule has 0 spiro atoms. The molecule has 0 aromatic carbocycles. The first-order valence-corrected chi connectivity index (χ1v) is 1.18. The zero-order valence-electron chi connectivity index (χ0n) is 2.65. The molecule has 0 aliphatic heterocycles. The molecule has 0 amide bonds. The molecule has 0 bridgehead atoms. The smallest absolute Gasteiger partial charge is 0.0786 e. The zero-order valence-corrected chi connectivity index (χ0v) is 2.65. The van der Waals surface area contributed by atoms with E-state index in [-0.39, 0.29) is 6.42 Å². The minimum atomic E-state index is 0.111. The van der Waals surface area contributed by atoms with Crippen LogP contribution >= 0.6 is 0 Å². The molecular formula is C3H3N2. The van der Waals surface area contributed by atoms with E-state index in [0.717, 1.165) is 0 Å². The van der Waals surface area contributed by atoms with E-state index in [1.165, 1.54) is 0 Å². The van der Waals surface area contributed by atoms with Crippen LogP contribution in [0.4, 0.5) is 0 Å². The third-order valence-corrected chi connectivity index (χ3v) is 0.167. The normalized spacial score (nSPS) is 5.40. The topological polar surface area (TPSA) is 47.6 Å². The Labute approximate surface area is 30.5 Å². The van der Waals surface area contributed by atoms with E-state index in [1.807, 2.05) is 6.21 Å². The van der Waals surface area contributed by atoms with Crippen molar-refractivity contribution < 1.29 is 0 Å². The molecule has 0 aromatic rings. The third kappa shape index (κ3) is 3.16. The highest BCUT2D eigenvalue weighted by Gasteiger charge is 1.61. The summed E-state index contributed by atoms with van der Waals surface area (Å²) < 4.78 is 0. The molecule has 0 aromatic heterocycles. The molecule has 1 N–H and O–H groups in total. The van der Waals surface area contributed by atoms with Gasteiger partial charge in [0.1, 0.15) is 0 Å². The Morgan fingerprint density at radius 3 is 2.40 bits per heavy atom. The molecule has 1 radical (unpaired) electrons. The van der Waals surface area contributed by atoms with Crippen LogP contribution in [-0.2, 0) is 0 Å². The van der Waals surface area contributed by atoms with Crippen LogP contribution in [-0.4, -0.2) is 6.21 Å². The Morgan fingerprint density at radius 1 is 1.80 bits per heavy atom. The summed E-state index contributed by atoms with van der Waals surface area (Å²) in [5.41, 5.74) is 0. The number of hydrogen-bond donors (Lipinski definition) is 1. The molecule has 0 unspecified atom stereocenters. The van der Waals surface area contributed by atoms with Crippen LogP contribution in [0.5, 0.6) is 0 Å². The summed E-state index contributed by atoms with van der Waals surface area (Å²) in [6, 6.07) is 1.72. The minimum Gasteiger partial charge on any atom is -0.302 e. The van der Waals surface area contributed by atoms with Crippen molar-refractivity contribution in [3.05, 3.63) is 0 Å². The van der Waals surface area contributed by atoms with Gasteiger partial charge in [-0.15, -0.1) is 0 Å². The minimum absolute atomic E-state index is 0.111. The third-order valence-electron chi connectivity index (χ3n) is 0.167. The van der Waals surface area contributed by atoms with Crippen molar-refractivity contribution in [2.75, 3.05) is 0 Å². The lowest BCUT2D eigenvalue weighted by atomic mass is 10.5. The summed E-state index contributed by atoms with van der Waals surface area (Å²) >= 11 is 0. The van der Waals surface area contributed by atoms with Crippen molar-refractivity contribution in [1.29, 1.82) is 10.7 Å². The highest BCUT2D eigenvalue weighted by atomic mass is 14.3. The van der Waals surface area contributed by atoms with Gasteiger partial charge in [0.25, 0.3) is 0 Å². The van der Waals surface area contributed by atoms with Crippen LogP contribution in [0.2, 0.25) is 0 Å². The van der Waals surface area contributed by atoms with Crippen LogP contribution in [0.25, 0.3) is 0 Å². The van der Waals surface area contributed by atoms with Gasteiger partial charge in [-0.2, -0.15) is 5.26 Å². The van der Waals surface area contributed by atoms with E-state index in [2.05, 4.69) is 0 Å². The molecule has 0 atom stereocenters. The van der Waals surface area contributed by atoms with Crippen LogP contribution in [0.15, 0.2) is 0 Å². The van der Waals surface area contributed by atoms with Gasteiger partial charge >= 0.3 is 0 Å². The van der Waals surface area contributed by atoms with Gasteiger partial charge in [-0.05, 0) is 0 Å². The fourth-order valence-corrected chi connectivity index (χ4v) is 0.0395. The van der Waals surface area contributed by atoms with Crippen LogP contribution in [0, 0.1) is 16.7 Å². The summed E-state index contributed by atoms with van der Waals surface area (Å²) in [4.78, 5) is 0. The molecule has 0 fully saturated rings. The first kappa shape index (κ1) is 4.16. The monoisotopic (exact) mass is 67.0 g/mol. The van der Waals surface area contributed by atoms with Gasteiger partial charge in [-0.1, -0.05) is 0 Å². The zero-order chi connectivity index (χ0) is 4.12. The standard InChI is InChI=1S/C3H3N2/c4-2-1-3-5/h4H,1H2. The van der Waals surface area contributed by atoms with Crippen LogP contribution in [0.1, 0.15) is 6.42 Å². The van der Waals surface area contributed by atoms with Gasteiger partial charge in [-0.3, -0.25) is 0 Å². The number of nitrogens with one attached hydrogen (secondary N) is 1. The lowest BCUT2D eigenvalue weighted by Crippen LogP contribution is -1.58. The summed E-state index contributed by atoms with van der Waals surface area (Å²) in [7, 11) is 0. The summed E-state index contributed by atoms with van der Waals surface area (Å²) in [5.74, 6) is 0. The van der Waals surface area contributed by atoms with Gasteiger partial charge in [0.2, 0.25) is 0 Å². The molecule has 25 valence electrons. The molecule has 0 aliphatic carbocycles. The highest BCUT2D eigenvalue weighted by molar-refractivity contribution is 5.55. The van der Waals surface area contributed by atoms with Crippen LogP contribution in [0.3, 0.4) is 0 Å². The predicted octanol–water partition coefficient (Wildman–Crippen LogP) is 0.427. The second kappa shape index (κ2) is 3.16.